The summed E-state index contributed by atoms with van der Waals surface area (Å²) in [5.74, 6) is 0.425. The fourth-order valence-corrected chi connectivity index (χ4v) is 2.10. The van der Waals surface area contributed by atoms with Crippen LogP contribution in [0.15, 0.2) is 77.6 Å². The quantitative estimate of drug-likeness (QED) is 0.705. The molecule has 0 bridgehead atoms. The maximum atomic E-state index is 11.9. The number of hydrogen-bond donors (Lipinski definition) is 1. The number of carbonyl (C=O) groups excluding carboxylic acids is 1. The second-order valence-corrected chi connectivity index (χ2v) is 5.05. The van der Waals surface area contributed by atoms with Crippen LogP contribution in [-0.2, 0) is 4.79 Å². The van der Waals surface area contributed by atoms with E-state index in [9.17, 15) is 4.79 Å². The molecule has 0 spiro atoms. The zero-order valence-corrected chi connectivity index (χ0v) is 12.9. The summed E-state index contributed by atoms with van der Waals surface area (Å²) in [4.78, 5) is 16.2. The topological polar surface area (TPSA) is 55.1 Å². The number of amides is 1. The molecule has 0 fully saturated rings. The molecule has 1 amide bonds. The Labute approximate surface area is 140 Å². The van der Waals surface area contributed by atoms with E-state index in [-0.39, 0.29) is 5.91 Å². The summed E-state index contributed by atoms with van der Waals surface area (Å²) >= 11 is 0. The molecular formula is C20H16N2O2. The summed E-state index contributed by atoms with van der Waals surface area (Å²) in [5, 5.41) is 2.83. The molecule has 2 heterocycles. The van der Waals surface area contributed by atoms with E-state index < -0.39 is 0 Å². The molecular weight excluding hydrogens is 300 g/mol. The Morgan fingerprint density at radius 3 is 2.75 bits per heavy atom. The second kappa shape index (κ2) is 7.74. The Bertz CT molecular complexity index is 850. The van der Waals surface area contributed by atoms with Gasteiger partial charge in [0.1, 0.15) is 5.76 Å². The lowest BCUT2D eigenvalue weighted by Gasteiger charge is -2.03. The molecule has 3 aromatic rings. The predicted octanol–water partition coefficient (Wildman–Crippen LogP) is 4.50. The number of aromatic nitrogens is 1. The molecule has 0 aliphatic carbocycles. The standard InChI is InChI=1S/C20H16N2O2/c23-20(12-11-19-8-4-14-24-19)22-18-7-3-5-16(15-18)9-10-17-6-1-2-13-21-17/h1-15H,(H,22,23). The van der Waals surface area contributed by atoms with E-state index in [4.69, 9.17) is 4.42 Å². The Morgan fingerprint density at radius 2 is 1.96 bits per heavy atom. The third-order valence-electron chi connectivity index (χ3n) is 3.23. The van der Waals surface area contributed by atoms with Gasteiger partial charge < -0.3 is 9.73 Å². The minimum Gasteiger partial charge on any atom is -0.465 e. The van der Waals surface area contributed by atoms with Gasteiger partial charge in [-0.1, -0.05) is 24.3 Å². The van der Waals surface area contributed by atoms with E-state index in [1.807, 2.05) is 54.6 Å². The number of carbonyl (C=O) groups is 1. The maximum absolute atomic E-state index is 11.9. The molecule has 0 aliphatic rings. The summed E-state index contributed by atoms with van der Waals surface area (Å²) in [6, 6.07) is 16.9. The van der Waals surface area contributed by atoms with Crippen molar-refractivity contribution in [2.24, 2.45) is 0 Å². The summed E-state index contributed by atoms with van der Waals surface area (Å²) in [7, 11) is 0. The Kier molecular flexibility index (Phi) is 5.00. The largest absolute Gasteiger partial charge is 0.465 e. The van der Waals surface area contributed by atoms with Crippen LogP contribution < -0.4 is 5.32 Å². The van der Waals surface area contributed by atoms with Crippen molar-refractivity contribution >= 4 is 29.8 Å². The van der Waals surface area contributed by atoms with Crippen LogP contribution >= 0.6 is 0 Å². The van der Waals surface area contributed by atoms with Crippen molar-refractivity contribution in [1.82, 2.24) is 4.98 Å². The molecule has 0 saturated heterocycles. The van der Waals surface area contributed by atoms with Crippen molar-refractivity contribution in [2.45, 2.75) is 0 Å². The lowest BCUT2D eigenvalue weighted by molar-refractivity contribution is -0.111. The summed E-state index contributed by atoms with van der Waals surface area (Å²) in [5.41, 5.74) is 2.59. The van der Waals surface area contributed by atoms with Crippen LogP contribution in [0, 0.1) is 0 Å². The van der Waals surface area contributed by atoms with E-state index in [1.165, 1.54) is 6.08 Å². The van der Waals surface area contributed by atoms with Gasteiger partial charge in [-0.25, -0.2) is 0 Å². The Hall–Kier alpha value is -3.40. The lowest BCUT2D eigenvalue weighted by Crippen LogP contribution is -2.07. The van der Waals surface area contributed by atoms with Crippen LogP contribution in [0.4, 0.5) is 5.69 Å². The molecule has 0 unspecified atom stereocenters. The van der Waals surface area contributed by atoms with Crippen molar-refractivity contribution in [1.29, 1.82) is 0 Å². The predicted molar refractivity (Wildman–Crippen MR) is 96.0 cm³/mol. The van der Waals surface area contributed by atoms with Gasteiger partial charge in [-0.15, -0.1) is 0 Å². The smallest absolute Gasteiger partial charge is 0.248 e. The average Bonchev–Trinajstić information content (AvgIpc) is 3.13. The van der Waals surface area contributed by atoms with Crippen molar-refractivity contribution in [3.05, 3.63) is 90.2 Å². The van der Waals surface area contributed by atoms with E-state index in [0.717, 1.165) is 16.9 Å². The second-order valence-electron chi connectivity index (χ2n) is 5.05. The highest BCUT2D eigenvalue weighted by molar-refractivity contribution is 6.01. The number of benzene rings is 1. The van der Waals surface area contributed by atoms with Crippen molar-refractivity contribution in [2.75, 3.05) is 5.32 Å². The van der Waals surface area contributed by atoms with Crippen molar-refractivity contribution in [3.63, 3.8) is 0 Å². The SMILES string of the molecule is O=C(C=Cc1ccco1)Nc1cccc(C=Cc2ccccn2)c1. The van der Waals surface area contributed by atoms with Gasteiger partial charge in [0.2, 0.25) is 5.91 Å². The van der Waals surface area contributed by atoms with Gasteiger partial charge in [-0.3, -0.25) is 9.78 Å². The van der Waals surface area contributed by atoms with Crippen LogP contribution in [0.3, 0.4) is 0 Å². The first kappa shape index (κ1) is 15.5. The van der Waals surface area contributed by atoms with Gasteiger partial charge in [0.25, 0.3) is 0 Å². The summed E-state index contributed by atoms with van der Waals surface area (Å²) in [6.07, 6.45) is 10.3. The first-order chi connectivity index (χ1) is 11.8. The minimum absolute atomic E-state index is 0.211. The summed E-state index contributed by atoms with van der Waals surface area (Å²) < 4.78 is 5.15. The van der Waals surface area contributed by atoms with Crippen LogP contribution in [0.1, 0.15) is 17.0 Å². The molecule has 0 radical (unpaired) electrons. The summed E-state index contributed by atoms with van der Waals surface area (Å²) in [6.45, 7) is 0. The number of rotatable bonds is 5. The molecule has 118 valence electrons. The molecule has 3 rings (SSSR count). The Balaban J connectivity index is 1.64. The number of hydrogen-bond acceptors (Lipinski definition) is 3. The molecule has 0 saturated carbocycles. The van der Waals surface area contributed by atoms with Gasteiger partial charge in [-0.05, 0) is 54.1 Å². The molecule has 0 atom stereocenters. The van der Waals surface area contributed by atoms with Crippen LogP contribution in [-0.4, -0.2) is 10.9 Å². The third kappa shape index (κ3) is 4.55. The number of furan rings is 1. The highest BCUT2D eigenvalue weighted by atomic mass is 16.3. The zero-order chi connectivity index (χ0) is 16.6. The highest BCUT2D eigenvalue weighted by Crippen LogP contribution is 2.13. The molecule has 0 aliphatic heterocycles. The van der Waals surface area contributed by atoms with Crippen LogP contribution in [0.2, 0.25) is 0 Å². The van der Waals surface area contributed by atoms with Gasteiger partial charge in [0, 0.05) is 18.0 Å². The van der Waals surface area contributed by atoms with E-state index >= 15 is 0 Å². The first-order valence-electron chi connectivity index (χ1n) is 7.51. The van der Waals surface area contributed by atoms with Gasteiger partial charge in [0.15, 0.2) is 0 Å². The average molecular weight is 316 g/mol. The van der Waals surface area contributed by atoms with Gasteiger partial charge in [-0.2, -0.15) is 0 Å². The zero-order valence-electron chi connectivity index (χ0n) is 12.9. The molecule has 4 heteroatoms. The maximum Gasteiger partial charge on any atom is 0.248 e. The van der Waals surface area contributed by atoms with E-state index in [1.54, 1.807) is 30.7 Å². The fourth-order valence-electron chi connectivity index (χ4n) is 2.10. The Morgan fingerprint density at radius 1 is 1.00 bits per heavy atom. The first-order valence-corrected chi connectivity index (χ1v) is 7.51. The number of anilines is 1. The minimum atomic E-state index is -0.211. The monoisotopic (exact) mass is 316 g/mol. The molecule has 1 N–H and O–H groups in total. The highest BCUT2D eigenvalue weighted by Gasteiger charge is 1.99. The van der Waals surface area contributed by atoms with E-state index in [2.05, 4.69) is 10.3 Å². The van der Waals surface area contributed by atoms with Crippen LogP contribution in [0.5, 0.6) is 0 Å². The lowest BCUT2D eigenvalue weighted by atomic mass is 10.1. The molecule has 1 aromatic carbocycles. The van der Waals surface area contributed by atoms with Gasteiger partial charge >= 0.3 is 0 Å². The van der Waals surface area contributed by atoms with E-state index in [0.29, 0.717) is 5.76 Å². The number of nitrogens with zero attached hydrogens (tertiary/aromatic N) is 1. The van der Waals surface area contributed by atoms with Crippen molar-refractivity contribution < 1.29 is 9.21 Å². The number of pyridine rings is 1. The third-order valence-corrected chi connectivity index (χ3v) is 3.23. The fraction of sp³-hybridized carbons (Fsp3) is 0. The van der Waals surface area contributed by atoms with Gasteiger partial charge in [0.05, 0.1) is 12.0 Å². The van der Waals surface area contributed by atoms with Crippen LogP contribution in [0.25, 0.3) is 18.2 Å². The normalized spacial score (nSPS) is 11.2. The molecule has 24 heavy (non-hydrogen) atoms. The number of nitrogens with one attached hydrogen (secondary N) is 1. The van der Waals surface area contributed by atoms with Crippen molar-refractivity contribution in [3.8, 4) is 0 Å². The molecule has 2 aromatic heterocycles. The molecule has 4 nitrogen and oxygen atoms in total.